The predicted molar refractivity (Wildman–Crippen MR) is 452 cm³/mol. The van der Waals surface area contributed by atoms with Gasteiger partial charge in [-0.25, -0.2) is 47.5 Å². The molecule has 5 fully saturated rings. The maximum absolute atomic E-state index is 12.5. The summed E-state index contributed by atoms with van der Waals surface area (Å²) < 4.78 is 32.3. The first-order valence-electron chi connectivity index (χ1n) is 40.7. The van der Waals surface area contributed by atoms with Gasteiger partial charge in [0.25, 0.3) is 28.1 Å². The van der Waals surface area contributed by atoms with Crippen molar-refractivity contribution in [2.75, 3.05) is 70.5 Å². The Morgan fingerprint density at radius 2 is 0.697 bits per heavy atom. The summed E-state index contributed by atoms with van der Waals surface area (Å²) in [4.78, 5) is 195. The standard InChI is InChI=1S/C22H26N6O4.C20H24N6O5S.2C20H23N5O4/c1-12-10-16-17(11-15(12)23-14-2-3-14)28(19-18(24-16)20(29)26-22(32)25-19)9-8-27-6-4-13(5-7-27)21(30)31;1-11-9-13-15(10-12(11)2)26(17-16(21-13)19(28)23-20(29)22-17)8-7-25-6-4-5-14(25)18(27)24-32(3,30)31;2*1-11-9-13-15(10-12(11)2)25(17-16(21-13)18(26)23-20(29)22-17)8-7-24-6-4-3-5-14(24)19(27)28/h10-11,13-14,23H,2-9H2,1H3,(H,30,31)(H,26,29,32);9-10,14H,4-8H2,1-3H3,(H,24,27)(H,23,28,29);2*9-10,14H,3-8H2,1-2H3,(H,27,28)(H,23,26,29)/t;3*14-/m.010/s1. The molecule has 122 heavy (non-hydrogen) atoms. The number of fused-ring (bicyclic) bond motifs is 8. The SMILES string of the molecule is Cc1cc2nc3c(=O)[nH]c(=O)nc-3n(CCN3CCC(C(=O)O)CC3)c2cc1NC1CC1.Cc1cc2nc3c(=O)[nH]c(=O)nc-3n(CCN3CCCC[C@@H]3C(=O)O)c2cc1C.Cc1cc2nc3c(=O)[nH]c(=O)nc-3n(CCN3CCCC[C@H]3C(=O)O)c2cc1C.Cc1cc2nc3c(=O)[nH]c(=O)nc-3n(CCN3CCC[C@H]3C(=O)NS(C)(=O)=O)c2cc1C. The number of carboxylic acid groups (broad SMARTS) is 3. The minimum atomic E-state index is -3.65. The number of carbonyl (C=O) groups is 4. The van der Waals surface area contributed by atoms with Gasteiger partial charge >= 0.3 is 40.7 Å². The van der Waals surface area contributed by atoms with Gasteiger partial charge in [0.15, 0.2) is 46.1 Å². The predicted octanol–water partition coefficient (Wildman–Crippen LogP) is 3.29. The van der Waals surface area contributed by atoms with Crippen molar-refractivity contribution < 1.29 is 42.9 Å². The highest BCUT2D eigenvalue weighted by atomic mass is 32.2. The number of hydrogen-bond acceptors (Lipinski definition) is 27. The Kier molecular flexibility index (Phi) is 25.1. The van der Waals surface area contributed by atoms with Crippen molar-refractivity contribution in [2.24, 2.45) is 5.92 Å². The minimum absolute atomic E-state index is 0.0631. The third-order valence-corrected chi connectivity index (χ3v) is 24.3. The van der Waals surface area contributed by atoms with Crippen molar-refractivity contribution >= 4 is 83.7 Å². The number of carboxylic acids is 3. The molecule has 40 heteroatoms. The van der Waals surface area contributed by atoms with Crippen molar-refractivity contribution in [3.05, 3.63) is 171 Å². The average Bonchev–Trinajstić information content (AvgIpc) is 0.998. The van der Waals surface area contributed by atoms with Crippen molar-refractivity contribution in [2.45, 2.75) is 176 Å². The van der Waals surface area contributed by atoms with Crippen LogP contribution in [0, 0.1) is 54.4 Å². The van der Waals surface area contributed by atoms with Gasteiger partial charge in [-0.05, 0) is 233 Å². The van der Waals surface area contributed by atoms with Gasteiger partial charge < -0.3 is 43.8 Å². The number of benzene rings is 4. The zero-order valence-corrected chi connectivity index (χ0v) is 69.6. The summed E-state index contributed by atoms with van der Waals surface area (Å²) in [6.07, 6.45) is 10.7. The van der Waals surface area contributed by atoms with Crippen LogP contribution in [0.4, 0.5) is 5.69 Å². The summed E-state index contributed by atoms with van der Waals surface area (Å²) in [7, 11) is -3.65. The summed E-state index contributed by atoms with van der Waals surface area (Å²) in [5, 5.41) is 31.8. The van der Waals surface area contributed by atoms with Crippen LogP contribution in [0.5, 0.6) is 0 Å². The number of H-pyrrole nitrogens is 4. The molecule has 12 heterocycles. The maximum Gasteiger partial charge on any atom is 0.349 e. The molecule has 1 aliphatic carbocycles. The third kappa shape index (κ3) is 19.0. The lowest BCUT2D eigenvalue weighted by atomic mass is 9.97. The summed E-state index contributed by atoms with van der Waals surface area (Å²) in [6, 6.07) is 14.4. The van der Waals surface area contributed by atoms with Crippen molar-refractivity contribution in [1.29, 1.82) is 0 Å². The second-order valence-electron chi connectivity index (χ2n) is 32.2. The molecule has 0 bridgehead atoms. The highest BCUT2D eigenvalue weighted by Gasteiger charge is 2.35. The number of aryl methyl sites for hydroxylation is 7. The van der Waals surface area contributed by atoms with Crippen LogP contribution in [0.1, 0.15) is 116 Å². The van der Waals surface area contributed by atoms with E-state index in [0.29, 0.717) is 145 Å². The number of sulfonamides is 1. The lowest BCUT2D eigenvalue weighted by Gasteiger charge is -2.33. The van der Waals surface area contributed by atoms with E-state index in [9.17, 15) is 81.3 Å². The number of hydrogen-bond donors (Lipinski definition) is 9. The molecular formula is C82H96N22O17S. The lowest BCUT2D eigenvalue weighted by Crippen LogP contribution is -2.46. The number of carbonyl (C=O) groups excluding carboxylic acids is 1. The van der Waals surface area contributed by atoms with Crippen molar-refractivity contribution in [3.63, 3.8) is 0 Å². The number of aliphatic carboxylic acids is 3. The van der Waals surface area contributed by atoms with Gasteiger partial charge in [0.05, 0.1) is 62.3 Å². The number of aromatic nitrogens is 16. The van der Waals surface area contributed by atoms with Gasteiger partial charge in [-0.2, -0.15) is 19.9 Å². The summed E-state index contributed by atoms with van der Waals surface area (Å²) >= 11 is 0. The first-order valence-corrected chi connectivity index (χ1v) is 42.6. The quantitative estimate of drug-likeness (QED) is 0.0524. The number of likely N-dealkylation sites (tertiary alicyclic amines) is 4. The number of aromatic amines is 4. The molecule has 1 amide bonds. The molecule has 0 aromatic heterocycles. The fraction of sp³-hybridized carbons (Fsp3) is 0.463. The Bertz CT molecular complexity index is 6430. The molecular weight excluding hydrogens is 1600 g/mol. The number of nitrogens with one attached hydrogen (secondary N) is 6. The van der Waals surface area contributed by atoms with E-state index in [0.717, 1.165) is 118 Å². The maximum atomic E-state index is 12.5. The Hall–Kier alpha value is -12.5. The van der Waals surface area contributed by atoms with Crippen LogP contribution in [0.15, 0.2) is 86.9 Å². The van der Waals surface area contributed by atoms with Crippen LogP contribution in [-0.4, -0.2) is 235 Å². The van der Waals surface area contributed by atoms with Crippen LogP contribution < -0.4 is 55.0 Å². The Morgan fingerprint density at radius 1 is 0.377 bits per heavy atom. The molecule has 642 valence electrons. The first kappa shape index (κ1) is 85.9. The summed E-state index contributed by atoms with van der Waals surface area (Å²) in [5.41, 5.74) is 9.13. The molecule has 4 aromatic rings. The number of amides is 1. The highest BCUT2D eigenvalue weighted by molar-refractivity contribution is 7.89. The highest BCUT2D eigenvalue weighted by Crippen LogP contribution is 2.34. The van der Waals surface area contributed by atoms with Crippen LogP contribution in [-0.2, 0) is 55.4 Å². The van der Waals surface area contributed by atoms with E-state index in [-0.39, 0.29) is 52.0 Å². The van der Waals surface area contributed by atoms with Gasteiger partial charge in [-0.15, -0.1) is 0 Å². The van der Waals surface area contributed by atoms with E-state index in [1.54, 1.807) is 4.57 Å². The molecule has 4 saturated heterocycles. The van der Waals surface area contributed by atoms with Crippen LogP contribution >= 0.6 is 0 Å². The molecule has 0 spiro atoms. The van der Waals surface area contributed by atoms with Gasteiger partial charge in [0, 0.05) is 64.1 Å². The van der Waals surface area contributed by atoms with E-state index < -0.39 is 97.0 Å². The fourth-order valence-corrected chi connectivity index (χ4v) is 17.2. The summed E-state index contributed by atoms with van der Waals surface area (Å²) in [6.45, 7) is 20.9. The van der Waals surface area contributed by atoms with Crippen LogP contribution in [0.25, 0.3) is 90.2 Å². The van der Waals surface area contributed by atoms with E-state index in [2.05, 4.69) is 74.7 Å². The number of anilines is 1. The van der Waals surface area contributed by atoms with Crippen molar-refractivity contribution in [3.8, 4) is 46.1 Å². The molecule has 9 N–H and O–H groups in total. The van der Waals surface area contributed by atoms with Crippen LogP contribution in [0.3, 0.4) is 0 Å². The van der Waals surface area contributed by atoms with Gasteiger partial charge in [0.2, 0.25) is 10.0 Å². The topological polar surface area (TPSA) is 523 Å². The molecule has 0 radical (unpaired) electrons. The van der Waals surface area contributed by atoms with Gasteiger partial charge in [-0.3, -0.25) is 77.7 Å². The Balaban J connectivity index is 0.000000133. The Morgan fingerprint density at radius 3 is 1.04 bits per heavy atom. The second kappa shape index (κ2) is 35.6. The van der Waals surface area contributed by atoms with E-state index >= 15 is 0 Å². The minimum Gasteiger partial charge on any atom is -0.481 e. The average molecular weight is 1690 g/mol. The second-order valence-corrected chi connectivity index (χ2v) is 34.0. The number of rotatable bonds is 19. The monoisotopic (exact) mass is 1690 g/mol. The normalized spacial score (nSPS) is 17.7. The molecule has 4 aromatic carbocycles. The van der Waals surface area contributed by atoms with Gasteiger partial charge in [0.1, 0.15) is 12.1 Å². The molecule has 13 aliphatic rings. The summed E-state index contributed by atoms with van der Waals surface area (Å²) in [5.74, 6) is -2.33. The van der Waals surface area contributed by atoms with E-state index in [4.69, 9.17) is 0 Å². The van der Waals surface area contributed by atoms with E-state index in [1.165, 1.54) is 0 Å². The molecule has 1 saturated carbocycles. The zero-order valence-electron chi connectivity index (χ0n) is 68.8. The lowest BCUT2D eigenvalue weighted by molar-refractivity contribution is -0.145. The van der Waals surface area contributed by atoms with Crippen LogP contribution in [0.2, 0.25) is 0 Å². The zero-order chi connectivity index (χ0) is 87.0. The number of piperidine rings is 3. The largest absolute Gasteiger partial charge is 0.481 e. The fourth-order valence-electron chi connectivity index (χ4n) is 16.7. The molecule has 17 rings (SSSR count). The van der Waals surface area contributed by atoms with Crippen molar-refractivity contribution in [1.82, 2.24) is 102 Å². The Labute approximate surface area is 694 Å². The first-order chi connectivity index (χ1) is 58.1. The van der Waals surface area contributed by atoms with E-state index in [1.807, 2.05) is 125 Å². The molecule has 12 aliphatic heterocycles. The molecule has 3 atom stereocenters. The molecule has 0 unspecified atom stereocenters. The third-order valence-electron chi connectivity index (χ3n) is 23.7. The smallest absolute Gasteiger partial charge is 0.349 e. The molecule has 39 nitrogen and oxygen atoms in total. The van der Waals surface area contributed by atoms with Gasteiger partial charge in [-0.1, -0.05) is 12.8 Å². The number of nitrogens with zero attached hydrogens (tertiary/aromatic N) is 16.